The second kappa shape index (κ2) is 6.24. The zero-order valence-corrected chi connectivity index (χ0v) is 14.7. The van der Waals surface area contributed by atoms with Crippen LogP contribution in [0, 0.1) is 3.57 Å². The van der Waals surface area contributed by atoms with Crippen molar-refractivity contribution in [3.8, 4) is 11.3 Å². The number of carbonyl (C=O) groups is 1. The molecule has 0 saturated carbocycles. The number of amides is 1. The van der Waals surface area contributed by atoms with E-state index in [0.717, 1.165) is 31.8 Å². The number of carbonyl (C=O) groups excluding carboxylic acids is 1. The molecule has 0 fully saturated rings. The average Bonchev–Trinajstić information content (AvgIpc) is 3.21. The lowest BCUT2D eigenvalue weighted by Crippen LogP contribution is -2.12. The molecule has 1 aliphatic heterocycles. The zero-order valence-electron chi connectivity index (χ0n) is 12.6. The number of hydrogen-bond donors (Lipinski definition) is 1. The van der Waals surface area contributed by atoms with Crippen molar-refractivity contribution in [2.75, 3.05) is 5.32 Å². The van der Waals surface area contributed by atoms with E-state index in [1.165, 1.54) is 0 Å². The molecule has 1 N–H and O–H groups in total. The monoisotopic (exact) mass is 428 g/mol. The van der Waals surface area contributed by atoms with Gasteiger partial charge in [0.2, 0.25) is 5.91 Å². The van der Waals surface area contributed by atoms with Gasteiger partial charge < -0.3 is 9.73 Å². The fraction of sp³-hybridized carbons (Fsp3) is 0.0526. The first-order valence-electron chi connectivity index (χ1n) is 7.49. The summed E-state index contributed by atoms with van der Waals surface area (Å²) in [7, 11) is 0. The first-order chi connectivity index (χ1) is 11.7. The molecule has 0 aliphatic carbocycles. The maximum atomic E-state index is 12.3. The second-order valence-corrected chi connectivity index (χ2v) is 6.75. The van der Waals surface area contributed by atoms with Crippen LogP contribution in [-0.4, -0.2) is 12.1 Å². The van der Waals surface area contributed by atoms with Crippen molar-refractivity contribution in [1.29, 1.82) is 0 Å². The van der Waals surface area contributed by atoms with Crippen molar-refractivity contribution < 1.29 is 9.21 Å². The van der Waals surface area contributed by atoms with Crippen LogP contribution in [0.3, 0.4) is 0 Å². The van der Waals surface area contributed by atoms with E-state index in [1.807, 2.05) is 54.6 Å². The second-order valence-electron chi connectivity index (χ2n) is 5.50. The molecule has 0 saturated heterocycles. The number of benzene rings is 2. The van der Waals surface area contributed by atoms with E-state index in [4.69, 9.17) is 4.42 Å². The summed E-state index contributed by atoms with van der Waals surface area (Å²) in [6.45, 7) is 0. The molecule has 5 heteroatoms. The highest BCUT2D eigenvalue weighted by Crippen LogP contribution is 2.35. The van der Waals surface area contributed by atoms with Crippen LogP contribution >= 0.6 is 22.6 Å². The SMILES string of the molecule is O=C1Nc2cc(-c3ccco3)ccc2C1C=Nc1ccc(I)cc1. The first kappa shape index (κ1) is 15.1. The number of furan rings is 1. The van der Waals surface area contributed by atoms with Gasteiger partial charge >= 0.3 is 0 Å². The number of fused-ring (bicyclic) bond motifs is 1. The number of aliphatic imine (C=N–C) groups is 1. The highest BCUT2D eigenvalue weighted by molar-refractivity contribution is 14.1. The lowest BCUT2D eigenvalue weighted by Gasteiger charge is -2.04. The topological polar surface area (TPSA) is 54.6 Å². The van der Waals surface area contributed by atoms with Crippen molar-refractivity contribution in [2.45, 2.75) is 5.92 Å². The van der Waals surface area contributed by atoms with E-state index in [2.05, 4.69) is 32.9 Å². The standard InChI is InChI=1S/C19H13IN2O2/c20-13-4-6-14(7-5-13)21-11-16-15-8-3-12(18-2-1-9-24-18)10-17(15)22-19(16)23/h1-11,16H,(H,22,23). The maximum Gasteiger partial charge on any atom is 0.237 e. The van der Waals surface area contributed by atoms with Crippen LogP contribution < -0.4 is 5.32 Å². The van der Waals surface area contributed by atoms with Gasteiger partial charge in [0.05, 0.1) is 12.0 Å². The van der Waals surface area contributed by atoms with Gasteiger partial charge in [-0.1, -0.05) is 12.1 Å². The van der Waals surface area contributed by atoms with Crippen molar-refractivity contribution in [3.63, 3.8) is 0 Å². The summed E-state index contributed by atoms with van der Waals surface area (Å²) < 4.78 is 6.56. The van der Waals surface area contributed by atoms with Crippen LogP contribution in [0.1, 0.15) is 11.5 Å². The molecule has 2 aromatic carbocycles. The summed E-state index contributed by atoms with van der Waals surface area (Å²) in [5.74, 6) is 0.351. The fourth-order valence-corrected chi connectivity index (χ4v) is 3.08. The number of nitrogens with one attached hydrogen (secondary N) is 1. The Labute approximate surface area is 152 Å². The molecule has 1 aromatic heterocycles. The predicted octanol–water partition coefficient (Wildman–Crippen LogP) is 4.99. The van der Waals surface area contributed by atoms with Gasteiger partial charge in [0, 0.05) is 21.0 Å². The van der Waals surface area contributed by atoms with Crippen LogP contribution in [-0.2, 0) is 4.79 Å². The molecule has 4 rings (SSSR count). The Bertz CT molecular complexity index is 915. The third-order valence-electron chi connectivity index (χ3n) is 3.93. The van der Waals surface area contributed by atoms with E-state index in [0.29, 0.717) is 0 Å². The molecule has 1 amide bonds. The third kappa shape index (κ3) is 2.87. The Morgan fingerprint density at radius 3 is 2.71 bits per heavy atom. The van der Waals surface area contributed by atoms with Crippen molar-refractivity contribution in [2.24, 2.45) is 4.99 Å². The smallest absolute Gasteiger partial charge is 0.237 e. The van der Waals surface area contributed by atoms with Gasteiger partial charge in [0.25, 0.3) is 0 Å². The zero-order chi connectivity index (χ0) is 16.5. The molecule has 118 valence electrons. The quantitative estimate of drug-likeness (QED) is 0.472. The van der Waals surface area contributed by atoms with Crippen LogP contribution in [0.25, 0.3) is 11.3 Å². The summed E-state index contributed by atoms with van der Waals surface area (Å²) in [5.41, 5.74) is 3.52. The number of anilines is 1. The molecule has 0 bridgehead atoms. The van der Waals surface area contributed by atoms with Crippen LogP contribution in [0.4, 0.5) is 11.4 Å². The van der Waals surface area contributed by atoms with Gasteiger partial charge in [0.15, 0.2) is 0 Å². The highest BCUT2D eigenvalue weighted by Gasteiger charge is 2.29. The highest BCUT2D eigenvalue weighted by atomic mass is 127. The van der Waals surface area contributed by atoms with E-state index < -0.39 is 0 Å². The summed E-state index contributed by atoms with van der Waals surface area (Å²) in [4.78, 5) is 16.7. The molecule has 4 nitrogen and oxygen atoms in total. The summed E-state index contributed by atoms with van der Waals surface area (Å²) in [6, 6.07) is 17.4. The van der Waals surface area contributed by atoms with Crippen molar-refractivity contribution in [1.82, 2.24) is 0 Å². The number of hydrogen-bond acceptors (Lipinski definition) is 3. The molecular formula is C19H13IN2O2. The Morgan fingerprint density at radius 1 is 1.12 bits per heavy atom. The van der Waals surface area contributed by atoms with E-state index in [9.17, 15) is 4.79 Å². The van der Waals surface area contributed by atoms with Gasteiger partial charge in [-0.3, -0.25) is 9.79 Å². The van der Waals surface area contributed by atoms with Gasteiger partial charge in [0.1, 0.15) is 11.7 Å². The van der Waals surface area contributed by atoms with Gasteiger partial charge in [-0.05, 0) is 70.6 Å². The van der Waals surface area contributed by atoms with E-state index in [1.54, 1.807) is 12.5 Å². The number of halogens is 1. The lowest BCUT2D eigenvalue weighted by atomic mass is 10.00. The normalized spacial score (nSPS) is 16.4. The van der Waals surface area contributed by atoms with Crippen LogP contribution in [0.2, 0.25) is 0 Å². The summed E-state index contributed by atoms with van der Waals surface area (Å²) >= 11 is 2.25. The largest absolute Gasteiger partial charge is 0.464 e. The number of rotatable bonds is 3. The minimum atomic E-state index is -0.370. The van der Waals surface area contributed by atoms with Crippen molar-refractivity contribution in [3.05, 3.63) is 70.0 Å². The third-order valence-corrected chi connectivity index (χ3v) is 4.65. The molecule has 0 radical (unpaired) electrons. The molecule has 2 heterocycles. The van der Waals surface area contributed by atoms with Gasteiger partial charge in [-0.25, -0.2) is 0 Å². The summed E-state index contributed by atoms with van der Waals surface area (Å²) in [6.07, 6.45) is 3.34. The maximum absolute atomic E-state index is 12.3. The molecular weight excluding hydrogens is 415 g/mol. The van der Waals surface area contributed by atoms with E-state index in [-0.39, 0.29) is 11.8 Å². The minimum Gasteiger partial charge on any atom is -0.464 e. The molecule has 3 aromatic rings. The minimum absolute atomic E-state index is 0.0594. The first-order valence-corrected chi connectivity index (χ1v) is 8.57. The molecule has 24 heavy (non-hydrogen) atoms. The molecule has 1 atom stereocenters. The Hall–Kier alpha value is -2.41. The molecule has 0 spiro atoms. The van der Waals surface area contributed by atoms with Crippen LogP contribution in [0.15, 0.2) is 70.3 Å². The lowest BCUT2D eigenvalue weighted by molar-refractivity contribution is -0.115. The average molecular weight is 428 g/mol. The summed E-state index contributed by atoms with van der Waals surface area (Å²) in [5, 5.41) is 2.92. The Balaban J connectivity index is 1.63. The molecule has 1 unspecified atom stereocenters. The van der Waals surface area contributed by atoms with Crippen molar-refractivity contribution >= 4 is 46.1 Å². The van der Waals surface area contributed by atoms with Gasteiger partial charge in [-0.2, -0.15) is 0 Å². The van der Waals surface area contributed by atoms with Crippen LogP contribution in [0.5, 0.6) is 0 Å². The van der Waals surface area contributed by atoms with E-state index >= 15 is 0 Å². The fourth-order valence-electron chi connectivity index (χ4n) is 2.72. The number of nitrogens with zero attached hydrogens (tertiary/aromatic N) is 1. The molecule has 1 aliphatic rings. The van der Waals surface area contributed by atoms with Gasteiger partial charge in [-0.15, -0.1) is 0 Å². The Morgan fingerprint density at radius 2 is 1.96 bits per heavy atom. The Kier molecular flexibility index (Phi) is 3.93. The predicted molar refractivity (Wildman–Crippen MR) is 103 cm³/mol.